The Hall–Kier alpha value is -2.30. The number of hydrogen-bond acceptors (Lipinski definition) is 6. The maximum absolute atomic E-state index is 13.9. The molecule has 212 valence electrons. The number of likely N-dealkylation sites (tertiary alicyclic amines) is 1. The topological polar surface area (TPSA) is 151 Å². The van der Waals surface area contributed by atoms with Gasteiger partial charge in [0.15, 0.2) is 0 Å². The molecule has 5 amide bonds. The monoisotopic (exact) mass is 541 g/mol. The van der Waals surface area contributed by atoms with E-state index in [1.54, 1.807) is 0 Å². The molecular formula is C26H47N5O5S. The van der Waals surface area contributed by atoms with Gasteiger partial charge in [0.2, 0.25) is 11.8 Å². The second-order valence-corrected chi connectivity index (χ2v) is 13.8. The summed E-state index contributed by atoms with van der Waals surface area (Å²) in [6.45, 7) is 19.3. The summed E-state index contributed by atoms with van der Waals surface area (Å²) < 4.78 is 0. The lowest BCUT2D eigenvalue weighted by atomic mass is 9.84. The molecule has 11 heteroatoms. The summed E-state index contributed by atoms with van der Waals surface area (Å²) in [4.78, 5) is 65.8. The highest BCUT2D eigenvalue weighted by atomic mass is 32.2. The third kappa shape index (κ3) is 9.19. The number of thioether (sulfide) groups is 1. The van der Waals surface area contributed by atoms with E-state index in [1.165, 1.54) is 4.90 Å². The number of hydrogen-bond donors (Lipinski definition) is 4. The van der Waals surface area contributed by atoms with Gasteiger partial charge < -0.3 is 26.6 Å². The zero-order valence-electron chi connectivity index (χ0n) is 24.1. The molecular weight excluding hydrogens is 494 g/mol. The van der Waals surface area contributed by atoms with Crippen molar-refractivity contribution >= 4 is 41.3 Å². The highest BCUT2D eigenvalue weighted by molar-refractivity contribution is 8.01. The van der Waals surface area contributed by atoms with Crippen LogP contribution in [0.5, 0.6) is 0 Å². The SMILES string of the molecule is CCC(C)(C)NC(=O)NC(C(=O)N1CCC(C(C)C)C1C(=O)NC(SC(C)C)C(=O)C(N)=O)C(C)(C)C. The lowest BCUT2D eigenvalue weighted by Crippen LogP contribution is -2.61. The van der Waals surface area contributed by atoms with Gasteiger partial charge in [0, 0.05) is 17.3 Å². The molecule has 4 unspecified atom stereocenters. The van der Waals surface area contributed by atoms with E-state index in [9.17, 15) is 24.0 Å². The van der Waals surface area contributed by atoms with Gasteiger partial charge in [0.25, 0.3) is 11.7 Å². The standard InChI is InChI=1S/C26H47N5O5S/c1-11-26(9,10)30-24(36)28-19(25(6,7)8)23(35)31-13-12-16(14(2)3)17(31)21(34)29-22(37-15(4)5)18(32)20(27)33/h14-17,19,22H,11-13H2,1-10H3,(H2,27,33)(H,29,34)(H2,28,30,36). The summed E-state index contributed by atoms with van der Waals surface area (Å²) >= 11 is 1.12. The first-order chi connectivity index (χ1) is 16.8. The smallest absolute Gasteiger partial charge is 0.315 e. The number of primary amides is 1. The number of ketones is 1. The first-order valence-corrected chi connectivity index (χ1v) is 13.9. The molecule has 0 aromatic rings. The number of carbonyl (C=O) groups excluding carboxylic acids is 5. The average Bonchev–Trinajstić information content (AvgIpc) is 3.20. The second-order valence-electron chi connectivity index (χ2n) is 12.1. The zero-order valence-corrected chi connectivity index (χ0v) is 24.9. The summed E-state index contributed by atoms with van der Waals surface area (Å²) in [5.74, 6) is -2.99. The zero-order chi connectivity index (χ0) is 28.9. The van der Waals surface area contributed by atoms with E-state index >= 15 is 0 Å². The van der Waals surface area contributed by atoms with Crippen LogP contribution in [0.1, 0.15) is 82.1 Å². The average molecular weight is 542 g/mol. The van der Waals surface area contributed by atoms with Gasteiger partial charge in [0.1, 0.15) is 17.5 Å². The summed E-state index contributed by atoms with van der Waals surface area (Å²) in [5.41, 5.74) is 4.12. The normalized spacial score (nSPS) is 19.9. The molecule has 1 heterocycles. The van der Waals surface area contributed by atoms with Gasteiger partial charge in [-0.1, -0.05) is 55.4 Å². The van der Waals surface area contributed by atoms with Crippen molar-refractivity contribution in [1.82, 2.24) is 20.9 Å². The van der Waals surface area contributed by atoms with Crippen molar-refractivity contribution in [1.29, 1.82) is 0 Å². The number of rotatable bonds is 11. The van der Waals surface area contributed by atoms with Gasteiger partial charge >= 0.3 is 6.03 Å². The van der Waals surface area contributed by atoms with Gasteiger partial charge in [0.05, 0.1) is 0 Å². The van der Waals surface area contributed by atoms with E-state index in [4.69, 9.17) is 5.73 Å². The number of amides is 5. The van der Waals surface area contributed by atoms with Crippen LogP contribution >= 0.6 is 11.8 Å². The molecule has 1 fully saturated rings. The molecule has 5 N–H and O–H groups in total. The molecule has 1 saturated heterocycles. The van der Waals surface area contributed by atoms with E-state index in [0.717, 1.165) is 11.8 Å². The molecule has 0 bridgehead atoms. The quantitative estimate of drug-likeness (QED) is 0.233. The third-order valence-corrected chi connectivity index (χ3v) is 7.89. The number of nitrogens with one attached hydrogen (secondary N) is 3. The first kappa shape index (κ1) is 32.7. The molecule has 4 atom stereocenters. The summed E-state index contributed by atoms with van der Waals surface area (Å²) in [6.07, 6.45) is 1.30. The number of carbonyl (C=O) groups is 5. The maximum atomic E-state index is 13.9. The molecule has 0 aromatic carbocycles. The molecule has 37 heavy (non-hydrogen) atoms. The van der Waals surface area contributed by atoms with E-state index < -0.39 is 52.0 Å². The van der Waals surface area contributed by atoms with Crippen LogP contribution in [0.3, 0.4) is 0 Å². The van der Waals surface area contributed by atoms with Gasteiger partial charge in [-0.15, -0.1) is 11.8 Å². The van der Waals surface area contributed by atoms with Crippen LogP contribution in [0.25, 0.3) is 0 Å². The second kappa shape index (κ2) is 13.0. The first-order valence-electron chi connectivity index (χ1n) is 13.0. The van der Waals surface area contributed by atoms with Crippen LogP contribution in [-0.4, -0.2) is 69.2 Å². The lowest BCUT2D eigenvalue weighted by molar-refractivity contribution is -0.143. The van der Waals surface area contributed by atoms with Crippen LogP contribution in [0.15, 0.2) is 0 Å². The highest BCUT2D eigenvalue weighted by Gasteiger charge is 2.47. The molecule has 0 spiro atoms. The van der Waals surface area contributed by atoms with Crippen molar-refractivity contribution in [2.45, 2.75) is 110 Å². The van der Waals surface area contributed by atoms with Gasteiger partial charge in [-0.05, 0) is 43.9 Å². The predicted octanol–water partition coefficient (Wildman–Crippen LogP) is 2.40. The van der Waals surface area contributed by atoms with E-state index in [0.29, 0.717) is 19.4 Å². The lowest BCUT2D eigenvalue weighted by Gasteiger charge is -2.37. The van der Waals surface area contributed by atoms with Crippen LogP contribution < -0.4 is 21.7 Å². The van der Waals surface area contributed by atoms with Crippen molar-refractivity contribution in [2.75, 3.05) is 6.54 Å². The molecule has 0 aliphatic carbocycles. The summed E-state index contributed by atoms with van der Waals surface area (Å²) in [7, 11) is 0. The number of nitrogens with two attached hydrogens (primary N) is 1. The molecule has 0 saturated carbocycles. The van der Waals surface area contributed by atoms with E-state index in [-0.39, 0.29) is 23.0 Å². The van der Waals surface area contributed by atoms with Gasteiger partial charge in [-0.2, -0.15) is 0 Å². The molecule has 0 radical (unpaired) electrons. The minimum absolute atomic E-state index is 0.0591. The van der Waals surface area contributed by atoms with Crippen molar-refractivity contribution in [3.05, 3.63) is 0 Å². The Kier molecular flexibility index (Phi) is 11.5. The van der Waals surface area contributed by atoms with Crippen molar-refractivity contribution in [3.8, 4) is 0 Å². The van der Waals surface area contributed by atoms with Gasteiger partial charge in [-0.25, -0.2) is 4.79 Å². The van der Waals surface area contributed by atoms with Crippen LogP contribution in [0, 0.1) is 17.3 Å². The Morgan fingerprint density at radius 3 is 2.00 bits per heavy atom. The fourth-order valence-corrected chi connectivity index (χ4v) is 5.22. The molecule has 1 rings (SSSR count). The molecule has 0 aromatic heterocycles. The maximum Gasteiger partial charge on any atom is 0.315 e. The Labute approximate surface area is 226 Å². The predicted molar refractivity (Wildman–Crippen MR) is 147 cm³/mol. The highest BCUT2D eigenvalue weighted by Crippen LogP contribution is 2.33. The molecule has 10 nitrogen and oxygen atoms in total. The Morgan fingerprint density at radius 1 is 1.00 bits per heavy atom. The minimum Gasteiger partial charge on any atom is -0.363 e. The van der Waals surface area contributed by atoms with E-state index in [1.807, 2.05) is 69.2 Å². The summed E-state index contributed by atoms with van der Waals surface area (Å²) in [6, 6.07) is -2.21. The van der Waals surface area contributed by atoms with Crippen LogP contribution in [-0.2, 0) is 19.2 Å². The number of urea groups is 1. The van der Waals surface area contributed by atoms with Crippen LogP contribution in [0.4, 0.5) is 4.79 Å². The molecule has 1 aliphatic heterocycles. The minimum atomic E-state index is -1.14. The Morgan fingerprint density at radius 2 is 1.57 bits per heavy atom. The van der Waals surface area contributed by atoms with Crippen molar-refractivity contribution in [2.24, 2.45) is 23.0 Å². The van der Waals surface area contributed by atoms with E-state index in [2.05, 4.69) is 16.0 Å². The van der Waals surface area contributed by atoms with Crippen molar-refractivity contribution in [3.63, 3.8) is 0 Å². The Bertz CT molecular complexity index is 868. The fourth-order valence-electron chi connectivity index (χ4n) is 4.25. The van der Waals surface area contributed by atoms with Crippen molar-refractivity contribution < 1.29 is 24.0 Å². The fraction of sp³-hybridized carbons (Fsp3) is 0.808. The summed E-state index contributed by atoms with van der Waals surface area (Å²) in [5, 5.41) is 7.21. The van der Waals surface area contributed by atoms with Crippen LogP contribution in [0.2, 0.25) is 0 Å². The Balaban J connectivity index is 3.30. The largest absolute Gasteiger partial charge is 0.363 e. The number of Topliss-reactive ketones (excluding diaryl/α,β-unsaturated/α-hetero) is 1. The van der Waals surface area contributed by atoms with Gasteiger partial charge in [-0.3, -0.25) is 19.2 Å². The number of nitrogens with zero attached hydrogens (tertiary/aromatic N) is 1. The third-order valence-electron chi connectivity index (χ3n) is 6.74. The molecule has 1 aliphatic rings.